The van der Waals surface area contributed by atoms with Crippen molar-refractivity contribution in [3.05, 3.63) is 34.2 Å². The third-order valence-electron chi connectivity index (χ3n) is 1.49. The Labute approximate surface area is 87.4 Å². The van der Waals surface area contributed by atoms with E-state index in [1.54, 1.807) is 0 Å². The number of aromatic amines is 1. The molecule has 1 amide bonds. The van der Waals surface area contributed by atoms with Crippen LogP contribution in [-0.4, -0.2) is 16.5 Å². The molecule has 1 aromatic heterocycles. The molecule has 0 saturated heterocycles. The molecule has 0 unspecified atom stereocenters. The van der Waals surface area contributed by atoms with Gasteiger partial charge in [-0.2, -0.15) is 0 Å². The highest BCUT2D eigenvalue weighted by Crippen LogP contribution is 2.04. The van der Waals surface area contributed by atoms with E-state index in [0.717, 1.165) is 0 Å². The number of rotatable bonds is 2. The van der Waals surface area contributed by atoms with E-state index in [0.29, 0.717) is 0 Å². The van der Waals surface area contributed by atoms with Crippen molar-refractivity contribution in [3.8, 4) is 0 Å². The minimum Gasteiger partial charge on any atom is -0.329 e. The minimum absolute atomic E-state index is 0.267. The van der Waals surface area contributed by atoms with Crippen molar-refractivity contribution in [2.45, 2.75) is 26.4 Å². The molecule has 0 aliphatic heterocycles. The first kappa shape index (κ1) is 11.5. The molecule has 82 valence electrons. The fraction of sp³-hybridized carbons (Fsp3) is 0.400. The molecular weight excluding hydrogens is 196 g/mol. The van der Waals surface area contributed by atoms with Gasteiger partial charge in [0.25, 0.3) is 5.91 Å². The van der Waals surface area contributed by atoms with Crippen LogP contribution in [0.3, 0.4) is 0 Å². The van der Waals surface area contributed by atoms with Crippen molar-refractivity contribution in [2.24, 2.45) is 0 Å². The number of nitrogens with one attached hydrogen (secondary N) is 2. The molecule has 0 bridgehead atoms. The Morgan fingerprint density at radius 1 is 1.47 bits per heavy atom. The Morgan fingerprint density at radius 2 is 2.13 bits per heavy atom. The molecule has 15 heavy (non-hydrogen) atoms. The van der Waals surface area contributed by atoms with E-state index in [4.69, 9.17) is 4.84 Å². The van der Waals surface area contributed by atoms with Crippen LogP contribution in [0.15, 0.2) is 23.1 Å². The topological polar surface area (TPSA) is 71.2 Å². The van der Waals surface area contributed by atoms with Crippen LogP contribution in [0.5, 0.6) is 0 Å². The second kappa shape index (κ2) is 4.27. The lowest BCUT2D eigenvalue weighted by Crippen LogP contribution is -2.33. The van der Waals surface area contributed by atoms with E-state index >= 15 is 0 Å². The van der Waals surface area contributed by atoms with Gasteiger partial charge in [-0.1, -0.05) is 0 Å². The molecule has 0 radical (unpaired) electrons. The molecule has 0 saturated carbocycles. The highest BCUT2D eigenvalue weighted by atomic mass is 16.7. The lowest BCUT2D eigenvalue weighted by molar-refractivity contribution is -0.0589. The van der Waals surface area contributed by atoms with E-state index in [2.05, 4.69) is 10.5 Å². The second-order valence-corrected chi connectivity index (χ2v) is 4.09. The number of aromatic nitrogens is 1. The summed E-state index contributed by atoms with van der Waals surface area (Å²) in [6.45, 7) is 5.43. The van der Waals surface area contributed by atoms with Crippen molar-refractivity contribution in [1.29, 1.82) is 0 Å². The van der Waals surface area contributed by atoms with Crippen LogP contribution in [0.2, 0.25) is 0 Å². The zero-order valence-electron chi connectivity index (χ0n) is 8.96. The number of H-pyrrole nitrogens is 1. The summed E-state index contributed by atoms with van der Waals surface area (Å²) < 4.78 is 0. The molecule has 2 N–H and O–H groups in total. The lowest BCUT2D eigenvalue weighted by atomic mass is 10.2. The zero-order valence-corrected chi connectivity index (χ0v) is 8.96. The maximum atomic E-state index is 11.5. The number of amides is 1. The Hall–Kier alpha value is -1.62. The number of hydroxylamine groups is 1. The van der Waals surface area contributed by atoms with Crippen LogP contribution >= 0.6 is 0 Å². The molecule has 1 aromatic rings. The largest absolute Gasteiger partial charge is 0.329 e. The monoisotopic (exact) mass is 210 g/mol. The Bertz CT molecular complexity index is 404. The maximum absolute atomic E-state index is 11.5. The minimum atomic E-state index is -0.461. The molecule has 0 fully saturated rings. The first-order valence-electron chi connectivity index (χ1n) is 4.55. The van der Waals surface area contributed by atoms with Gasteiger partial charge in [0.05, 0.1) is 5.60 Å². The SMILES string of the molecule is CC(C)(C)ONC(=O)c1cc[nH]c(=O)c1. The van der Waals surface area contributed by atoms with Gasteiger partial charge in [-0.05, 0) is 26.8 Å². The standard InChI is InChI=1S/C10H14N2O3/c1-10(2,3)15-12-9(14)7-4-5-11-8(13)6-7/h4-6H,1-3H3,(H,11,13)(H,12,14). The average molecular weight is 210 g/mol. The molecule has 1 rings (SSSR count). The van der Waals surface area contributed by atoms with Crippen LogP contribution < -0.4 is 11.0 Å². The molecular formula is C10H14N2O3. The maximum Gasteiger partial charge on any atom is 0.275 e. The van der Waals surface area contributed by atoms with Crippen LogP contribution in [0.1, 0.15) is 31.1 Å². The van der Waals surface area contributed by atoms with Gasteiger partial charge < -0.3 is 4.98 Å². The van der Waals surface area contributed by atoms with Gasteiger partial charge in [-0.25, -0.2) is 5.48 Å². The van der Waals surface area contributed by atoms with Crippen molar-refractivity contribution < 1.29 is 9.63 Å². The van der Waals surface area contributed by atoms with Gasteiger partial charge in [-0.3, -0.25) is 14.4 Å². The Kier molecular flexibility index (Phi) is 3.26. The third kappa shape index (κ3) is 3.95. The Morgan fingerprint density at radius 3 is 2.67 bits per heavy atom. The summed E-state index contributed by atoms with van der Waals surface area (Å²) in [7, 11) is 0. The Balaban J connectivity index is 2.66. The fourth-order valence-electron chi connectivity index (χ4n) is 0.844. The van der Waals surface area contributed by atoms with E-state index in [-0.39, 0.29) is 11.1 Å². The molecule has 0 atom stereocenters. The van der Waals surface area contributed by atoms with Gasteiger partial charge in [0.1, 0.15) is 0 Å². The van der Waals surface area contributed by atoms with Crippen LogP contribution in [-0.2, 0) is 4.84 Å². The zero-order chi connectivity index (χ0) is 11.5. The van der Waals surface area contributed by atoms with Crippen molar-refractivity contribution >= 4 is 5.91 Å². The summed E-state index contributed by atoms with van der Waals surface area (Å²) in [6, 6.07) is 2.71. The molecule has 0 aromatic carbocycles. The quantitative estimate of drug-likeness (QED) is 0.710. The summed E-state index contributed by atoms with van der Waals surface area (Å²) in [5.41, 5.74) is 1.76. The molecule has 0 spiro atoms. The van der Waals surface area contributed by atoms with E-state index in [1.807, 2.05) is 20.8 Å². The molecule has 5 nitrogen and oxygen atoms in total. The lowest BCUT2D eigenvalue weighted by Gasteiger charge is -2.18. The molecule has 1 heterocycles. The normalized spacial score (nSPS) is 11.1. The predicted octanol–water partition coefficient (Wildman–Crippen LogP) is 0.835. The number of hydrogen-bond donors (Lipinski definition) is 2. The van der Waals surface area contributed by atoms with Gasteiger partial charge in [0.2, 0.25) is 5.56 Å². The van der Waals surface area contributed by atoms with Crippen LogP contribution in [0, 0.1) is 0 Å². The van der Waals surface area contributed by atoms with Crippen molar-refractivity contribution in [1.82, 2.24) is 10.5 Å². The van der Waals surface area contributed by atoms with Crippen molar-refractivity contribution in [3.63, 3.8) is 0 Å². The summed E-state index contributed by atoms with van der Waals surface area (Å²) in [6.07, 6.45) is 1.41. The second-order valence-electron chi connectivity index (χ2n) is 4.09. The van der Waals surface area contributed by atoms with Gasteiger partial charge in [0.15, 0.2) is 0 Å². The average Bonchev–Trinajstić information content (AvgIpc) is 2.13. The van der Waals surface area contributed by atoms with Gasteiger partial charge >= 0.3 is 0 Å². The number of hydrogen-bond acceptors (Lipinski definition) is 3. The summed E-state index contributed by atoms with van der Waals surface area (Å²) in [5, 5.41) is 0. The predicted molar refractivity (Wildman–Crippen MR) is 55.4 cm³/mol. The van der Waals surface area contributed by atoms with Gasteiger partial charge in [-0.15, -0.1) is 0 Å². The van der Waals surface area contributed by atoms with E-state index in [1.165, 1.54) is 18.3 Å². The number of carbonyl (C=O) groups excluding carboxylic acids is 1. The van der Waals surface area contributed by atoms with Crippen LogP contribution in [0.25, 0.3) is 0 Å². The first-order valence-corrected chi connectivity index (χ1v) is 4.55. The first-order chi connectivity index (χ1) is 6.88. The van der Waals surface area contributed by atoms with Crippen molar-refractivity contribution in [2.75, 3.05) is 0 Å². The molecule has 0 aliphatic carbocycles. The van der Waals surface area contributed by atoms with E-state index in [9.17, 15) is 9.59 Å². The summed E-state index contributed by atoms with van der Waals surface area (Å²) in [5.74, 6) is -0.434. The summed E-state index contributed by atoms with van der Waals surface area (Å²) in [4.78, 5) is 29.9. The summed E-state index contributed by atoms with van der Waals surface area (Å²) >= 11 is 0. The fourth-order valence-corrected chi connectivity index (χ4v) is 0.844. The highest BCUT2D eigenvalue weighted by Gasteiger charge is 2.13. The van der Waals surface area contributed by atoms with Crippen LogP contribution in [0.4, 0.5) is 0 Å². The van der Waals surface area contributed by atoms with Gasteiger partial charge in [0, 0.05) is 17.8 Å². The third-order valence-corrected chi connectivity index (χ3v) is 1.49. The molecule has 0 aliphatic rings. The smallest absolute Gasteiger partial charge is 0.275 e. The highest BCUT2D eigenvalue weighted by molar-refractivity contribution is 5.93. The molecule has 5 heteroatoms. The van der Waals surface area contributed by atoms with E-state index < -0.39 is 11.5 Å². The number of carbonyl (C=O) groups is 1. The number of pyridine rings is 1.